The smallest absolute Gasteiger partial charge is 0.335 e. The number of nitrogens with zero attached hydrogens (tertiary/aromatic N) is 2. The van der Waals surface area contributed by atoms with Gasteiger partial charge >= 0.3 is 5.97 Å². The zero-order valence-electron chi connectivity index (χ0n) is 11.3. The van der Waals surface area contributed by atoms with Gasteiger partial charge in [0.2, 0.25) is 0 Å². The molecule has 100 valence electrons. The number of carbonyl (C=O) groups is 1. The maximum Gasteiger partial charge on any atom is 0.335 e. The fourth-order valence-electron chi connectivity index (χ4n) is 1.90. The Bertz CT molecular complexity index is 617. The van der Waals surface area contributed by atoms with Crippen LogP contribution in [0.1, 0.15) is 27.2 Å². The number of carboxylic acid groups (broad SMARTS) is 1. The molecule has 5 heteroatoms. The van der Waals surface area contributed by atoms with E-state index in [2.05, 4.69) is 10.4 Å². The summed E-state index contributed by atoms with van der Waals surface area (Å²) in [4.78, 5) is 10.9. The predicted octanol–water partition coefficient (Wildman–Crippen LogP) is 2.35. The van der Waals surface area contributed by atoms with Gasteiger partial charge in [0.1, 0.15) is 0 Å². The maximum absolute atomic E-state index is 10.9. The van der Waals surface area contributed by atoms with E-state index in [9.17, 15) is 4.79 Å². The number of benzene rings is 1. The predicted molar refractivity (Wildman–Crippen MR) is 73.4 cm³/mol. The Morgan fingerprint density at radius 2 is 2.16 bits per heavy atom. The summed E-state index contributed by atoms with van der Waals surface area (Å²) in [5, 5.41) is 16.4. The molecule has 1 heterocycles. The highest BCUT2D eigenvalue weighted by molar-refractivity contribution is 5.88. The zero-order valence-corrected chi connectivity index (χ0v) is 11.3. The number of nitrogens with one attached hydrogen (secondary N) is 1. The Kier molecular flexibility index (Phi) is 3.55. The van der Waals surface area contributed by atoms with E-state index in [1.807, 2.05) is 31.8 Å². The van der Waals surface area contributed by atoms with Gasteiger partial charge in [0.15, 0.2) is 0 Å². The Hall–Kier alpha value is -2.30. The number of rotatable bonds is 4. The minimum atomic E-state index is -0.905. The number of hydrogen-bond acceptors (Lipinski definition) is 3. The van der Waals surface area contributed by atoms with Crippen molar-refractivity contribution in [2.24, 2.45) is 7.05 Å². The first-order chi connectivity index (χ1) is 8.99. The third-order valence-corrected chi connectivity index (χ3v) is 3.28. The van der Waals surface area contributed by atoms with Gasteiger partial charge in [-0.2, -0.15) is 5.10 Å². The van der Waals surface area contributed by atoms with Gasteiger partial charge in [-0.1, -0.05) is 0 Å². The lowest BCUT2D eigenvalue weighted by atomic mass is 10.1. The molecule has 0 bridgehead atoms. The molecule has 2 aromatic rings. The van der Waals surface area contributed by atoms with Gasteiger partial charge < -0.3 is 10.4 Å². The molecule has 0 aliphatic heterocycles. The Morgan fingerprint density at radius 1 is 1.42 bits per heavy atom. The quantitative estimate of drug-likeness (QED) is 0.884. The van der Waals surface area contributed by atoms with E-state index in [0.717, 1.165) is 22.5 Å². The average Bonchev–Trinajstić information content (AvgIpc) is 2.68. The molecule has 1 aromatic heterocycles. The van der Waals surface area contributed by atoms with Gasteiger partial charge in [0.05, 0.1) is 11.8 Å². The van der Waals surface area contributed by atoms with E-state index in [1.165, 1.54) is 0 Å². The van der Waals surface area contributed by atoms with Crippen molar-refractivity contribution in [3.8, 4) is 0 Å². The molecule has 0 spiro atoms. The molecule has 1 aromatic carbocycles. The van der Waals surface area contributed by atoms with Crippen LogP contribution in [-0.2, 0) is 13.6 Å². The van der Waals surface area contributed by atoms with Crippen LogP contribution in [0.25, 0.3) is 0 Å². The Labute approximate surface area is 111 Å². The fraction of sp³-hybridized carbons (Fsp3) is 0.286. The summed E-state index contributed by atoms with van der Waals surface area (Å²) in [6, 6.07) is 5.07. The summed E-state index contributed by atoms with van der Waals surface area (Å²) in [6.07, 6.45) is 1.84. The van der Waals surface area contributed by atoms with Crippen LogP contribution in [0.15, 0.2) is 24.4 Å². The largest absolute Gasteiger partial charge is 0.478 e. The topological polar surface area (TPSA) is 67.2 Å². The molecule has 0 aliphatic rings. The second kappa shape index (κ2) is 5.14. The van der Waals surface area contributed by atoms with Crippen LogP contribution in [0.5, 0.6) is 0 Å². The number of aromatic carboxylic acids is 1. The summed E-state index contributed by atoms with van der Waals surface area (Å²) in [5.41, 5.74) is 4.41. The molecule has 0 saturated heterocycles. The first kappa shape index (κ1) is 13.1. The van der Waals surface area contributed by atoms with Gasteiger partial charge in [-0.15, -0.1) is 0 Å². The van der Waals surface area contributed by atoms with Crippen molar-refractivity contribution in [1.82, 2.24) is 9.78 Å². The maximum atomic E-state index is 10.9. The van der Waals surface area contributed by atoms with Gasteiger partial charge in [0.25, 0.3) is 0 Å². The average molecular weight is 259 g/mol. The van der Waals surface area contributed by atoms with Crippen molar-refractivity contribution >= 4 is 11.7 Å². The van der Waals surface area contributed by atoms with Crippen molar-refractivity contribution in [3.63, 3.8) is 0 Å². The van der Waals surface area contributed by atoms with Gasteiger partial charge in [-0.05, 0) is 37.6 Å². The first-order valence-electron chi connectivity index (χ1n) is 6.04. The van der Waals surface area contributed by atoms with Crippen molar-refractivity contribution in [2.45, 2.75) is 20.4 Å². The lowest BCUT2D eigenvalue weighted by Gasteiger charge is -2.10. The summed E-state index contributed by atoms with van der Waals surface area (Å²) in [7, 11) is 1.91. The van der Waals surface area contributed by atoms with Crippen molar-refractivity contribution in [3.05, 3.63) is 46.8 Å². The van der Waals surface area contributed by atoms with E-state index in [-0.39, 0.29) is 0 Å². The molecule has 0 radical (unpaired) electrons. The highest BCUT2D eigenvalue weighted by atomic mass is 16.4. The molecule has 0 fully saturated rings. The van der Waals surface area contributed by atoms with Crippen LogP contribution in [0.3, 0.4) is 0 Å². The first-order valence-corrected chi connectivity index (χ1v) is 6.04. The van der Waals surface area contributed by atoms with Crippen molar-refractivity contribution in [2.75, 3.05) is 5.32 Å². The number of carboxylic acids is 1. The summed E-state index contributed by atoms with van der Waals surface area (Å²) in [6.45, 7) is 4.59. The number of aromatic nitrogens is 2. The van der Waals surface area contributed by atoms with Gasteiger partial charge in [0, 0.05) is 30.5 Å². The van der Waals surface area contributed by atoms with Crippen LogP contribution in [0.4, 0.5) is 5.69 Å². The Morgan fingerprint density at radius 3 is 2.68 bits per heavy atom. The minimum Gasteiger partial charge on any atom is -0.478 e. The fourth-order valence-corrected chi connectivity index (χ4v) is 1.90. The molecular formula is C14H17N3O2. The van der Waals surface area contributed by atoms with Crippen molar-refractivity contribution in [1.29, 1.82) is 0 Å². The van der Waals surface area contributed by atoms with Crippen molar-refractivity contribution < 1.29 is 9.90 Å². The summed E-state index contributed by atoms with van der Waals surface area (Å²) in [5.74, 6) is -0.905. The SMILES string of the molecule is Cc1cc(C(=O)O)ccc1NCc1cnn(C)c1C. The molecule has 2 N–H and O–H groups in total. The van der Waals surface area contributed by atoms with Gasteiger partial charge in [-0.3, -0.25) is 4.68 Å². The Balaban J connectivity index is 2.12. The van der Waals surface area contributed by atoms with E-state index >= 15 is 0 Å². The van der Waals surface area contributed by atoms with E-state index in [0.29, 0.717) is 12.1 Å². The van der Waals surface area contributed by atoms with Crippen LogP contribution in [0.2, 0.25) is 0 Å². The second-order valence-corrected chi connectivity index (χ2v) is 4.57. The molecule has 2 rings (SSSR count). The summed E-state index contributed by atoms with van der Waals surface area (Å²) < 4.78 is 1.83. The lowest BCUT2D eigenvalue weighted by Crippen LogP contribution is -2.04. The standard InChI is InChI=1S/C14H17N3O2/c1-9-6-11(14(18)19)4-5-13(9)15-7-12-8-16-17(3)10(12)2/h4-6,8,15H,7H2,1-3H3,(H,18,19). The molecule has 0 atom stereocenters. The van der Waals surface area contributed by atoms with E-state index in [4.69, 9.17) is 5.11 Å². The minimum absolute atomic E-state index is 0.306. The molecule has 19 heavy (non-hydrogen) atoms. The normalized spacial score (nSPS) is 10.5. The molecular weight excluding hydrogens is 242 g/mol. The molecule has 0 aliphatic carbocycles. The van der Waals surface area contributed by atoms with Crippen LogP contribution in [-0.4, -0.2) is 20.9 Å². The third-order valence-electron chi connectivity index (χ3n) is 3.28. The van der Waals surface area contributed by atoms with Crippen LogP contribution < -0.4 is 5.32 Å². The van der Waals surface area contributed by atoms with Gasteiger partial charge in [-0.25, -0.2) is 4.79 Å². The highest BCUT2D eigenvalue weighted by Crippen LogP contribution is 2.18. The number of anilines is 1. The molecule has 5 nitrogen and oxygen atoms in total. The number of aryl methyl sites for hydroxylation is 2. The highest BCUT2D eigenvalue weighted by Gasteiger charge is 2.07. The third kappa shape index (κ3) is 2.76. The lowest BCUT2D eigenvalue weighted by molar-refractivity contribution is 0.0697. The molecule has 0 saturated carbocycles. The van der Waals surface area contributed by atoms with E-state index < -0.39 is 5.97 Å². The van der Waals surface area contributed by atoms with Crippen LogP contribution in [0, 0.1) is 13.8 Å². The molecule has 0 amide bonds. The second-order valence-electron chi connectivity index (χ2n) is 4.57. The van der Waals surface area contributed by atoms with E-state index in [1.54, 1.807) is 18.2 Å². The number of hydrogen-bond donors (Lipinski definition) is 2. The molecule has 0 unspecified atom stereocenters. The summed E-state index contributed by atoms with van der Waals surface area (Å²) >= 11 is 0. The van der Waals surface area contributed by atoms with Crippen LogP contribution >= 0.6 is 0 Å². The monoisotopic (exact) mass is 259 g/mol. The zero-order chi connectivity index (χ0) is 14.0.